The third-order valence-corrected chi connectivity index (χ3v) is 1.87. The van der Waals surface area contributed by atoms with Gasteiger partial charge < -0.3 is 5.48 Å². The molecule has 1 aliphatic heterocycles. The first kappa shape index (κ1) is 12.6. The van der Waals surface area contributed by atoms with E-state index in [1.54, 1.807) is 18.2 Å². The topological polar surface area (TPSA) is 77.7 Å². The molecule has 1 aliphatic rings. The second kappa shape index (κ2) is 4.74. The maximum absolute atomic E-state index is 11.2. The zero-order valence-electron chi connectivity index (χ0n) is 7.24. The first-order valence-electron chi connectivity index (χ1n) is 3.69. The van der Waals surface area contributed by atoms with Crippen LogP contribution >= 0.6 is 12.4 Å². The van der Waals surface area contributed by atoms with Crippen LogP contribution in [0.15, 0.2) is 24.3 Å². The van der Waals surface area contributed by atoms with E-state index in [4.69, 9.17) is 0 Å². The number of rotatable bonds is 0. The Morgan fingerprint density at radius 2 is 1.79 bits per heavy atom. The molecule has 2 amide bonds. The molecular weight excluding hydrogens is 206 g/mol. The smallest absolute Gasteiger partial charge is 0.258 e. The van der Waals surface area contributed by atoms with Gasteiger partial charge in [-0.25, -0.2) is 0 Å². The van der Waals surface area contributed by atoms with E-state index in [0.717, 1.165) is 5.56 Å². The van der Waals surface area contributed by atoms with Gasteiger partial charge in [-0.3, -0.25) is 14.9 Å². The van der Waals surface area contributed by atoms with Crippen LogP contribution in [0.3, 0.4) is 0 Å². The minimum Gasteiger partial charge on any atom is -0.412 e. The average Bonchev–Trinajstić information content (AvgIpc) is 2.04. The highest BCUT2D eigenvalue weighted by Gasteiger charge is 2.20. The predicted molar refractivity (Wildman–Crippen MR) is 53.5 cm³/mol. The Morgan fingerprint density at radius 1 is 1.14 bits per heavy atom. The molecule has 2 rings (SSSR count). The Kier molecular flexibility index (Phi) is 4.27. The van der Waals surface area contributed by atoms with Crippen molar-refractivity contribution in [2.75, 3.05) is 0 Å². The molecule has 1 heterocycles. The monoisotopic (exact) mass is 215 g/mol. The molecule has 0 saturated heterocycles. The van der Waals surface area contributed by atoms with E-state index in [2.05, 4.69) is 5.32 Å². The van der Waals surface area contributed by atoms with Crippen molar-refractivity contribution in [3.05, 3.63) is 35.4 Å². The number of benzene rings is 1. The van der Waals surface area contributed by atoms with Gasteiger partial charge in [0.05, 0.1) is 6.42 Å². The Morgan fingerprint density at radius 3 is 2.50 bits per heavy atom. The first-order valence-corrected chi connectivity index (χ1v) is 3.69. The molecule has 3 N–H and O–H groups in total. The van der Waals surface area contributed by atoms with Gasteiger partial charge in [-0.2, -0.15) is 0 Å². The van der Waals surface area contributed by atoms with Crippen molar-refractivity contribution in [1.29, 1.82) is 0 Å². The van der Waals surface area contributed by atoms with Crippen molar-refractivity contribution >= 4 is 24.2 Å². The van der Waals surface area contributed by atoms with Crippen molar-refractivity contribution < 1.29 is 15.1 Å². The van der Waals surface area contributed by atoms with Gasteiger partial charge >= 0.3 is 0 Å². The van der Waals surface area contributed by atoms with Crippen molar-refractivity contribution in [1.82, 2.24) is 5.32 Å². The molecule has 0 atom stereocenters. The van der Waals surface area contributed by atoms with Crippen LogP contribution in [0, 0.1) is 0 Å². The molecule has 76 valence electrons. The van der Waals surface area contributed by atoms with Crippen LogP contribution < -0.4 is 5.32 Å². The number of imide groups is 1. The summed E-state index contributed by atoms with van der Waals surface area (Å²) in [6.07, 6.45) is 0.307. The molecule has 0 saturated carbocycles. The highest BCUT2D eigenvalue weighted by molar-refractivity contribution is 6.09. The summed E-state index contributed by atoms with van der Waals surface area (Å²) in [7, 11) is 0. The largest absolute Gasteiger partial charge is 0.412 e. The van der Waals surface area contributed by atoms with E-state index in [-0.39, 0.29) is 29.7 Å². The number of carbonyl (C=O) groups excluding carboxylic acids is 2. The first-order chi connectivity index (χ1) is 5.77. The highest BCUT2D eigenvalue weighted by atomic mass is 35.5. The lowest BCUT2D eigenvalue weighted by atomic mass is 10.0. The molecule has 0 aliphatic carbocycles. The number of amides is 2. The summed E-state index contributed by atoms with van der Waals surface area (Å²) >= 11 is 0. The van der Waals surface area contributed by atoms with Gasteiger partial charge in [0.25, 0.3) is 5.91 Å². The van der Waals surface area contributed by atoms with Crippen LogP contribution in [0.1, 0.15) is 15.9 Å². The molecule has 1 aromatic rings. The number of halogens is 1. The van der Waals surface area contributed by atoms with E-state index in [9.17, 15) is 9.59 Å². The fourth-order valence-corrected chi connectivity index (χ4v) is 1.31. The number of nitrogens with one attached hydrogen (secondary N) is 1. The van der Waals surface area contributed by atoms with E-state index in [1.165, 1.54) is 0 Å². The summed E-state index contributed by atoms with van der Waals surface area (Å²) in [4.78, 5) is 22.1. The maximum atomic E-state index is 11.2. The zero-order valence-corrected chi connectivity index (χ0v) is 8.06. The Balaban J connectivity index is 0.000000845. The standard InChI is InChI=1S/C9H7NO2.ClH.H2O/c11-8-5-6-3-1-2-4-7(6)9(12)10-8;;/h1-4H,5H2,(H,10,11,12);1H;1H2. The Bertz CT molecular complexity index is 365. The lowest BCUT2D eigenvalue weighted by molar-refractivity contribution is -0.119. The highest BCUT2D eigenvalue weighted by Crippen LogP contribution is 2.12. The van der Waals surface area contributed by atoms with Gasteiger partial charge in [0, 0.05) is 5.56 Å². The molecule has 0 fully saturated rings. The number of carbonyl (C=O) groups is 2. The molecule has 0 aromatic heterocycles. The SMILES string of the molecule is Cl.O.O=C1Cc2ccccc2C(=O)N1. The van der Waals surface area contributed by atoms with E-state index in [1.807, 2.05) is 6.07 Å². The van der Waals surface area contributed by atoms with Crippen LogP contribution in [-0.2, 0) is 11.2 Å². The predicted octanol–water partition coefficient (Wildman–Crippen LogP) is 0.0962. The molecular formula is C9H10ClNO3. The minimum absolute atomic E-state index is 0. The molecule has 0 bridgehead atoms. The summed E-state index contributed by atoms with van der Waals surface area (Å²) in [5.41, 5.74) is 1.42. The summed E-state index contributed by atoms with van der Waals surface area (Å²) < 4.78 is 0. The fraction of sp³-hybridized carbons (Fsp3) is 0.111. The normalized spacial score (nSPS) is 13.1. The molecule has 1 aromatic carbocycles. The summed E-state index contributed by atoms with van der Waals surface area (Å²) in [6, 6.07) is 7.13. The summed E-state index contributed by atoms with van der Waals surface area (Å²) in [5, 5.41) is 2.26. The quantitative estimate of drug-likeness (QED) is 0.623. The molecule has 4 nitrogen and oxygen atoms in total. The lowest BCUT2D eigenvalue weighted by Gasteiger charge is -2.13. The third-order valence-electron chi connectivity index (χ3n) is 1.87. The van der Waals surface area contributed by atoms with Crippen LogP contribution in [0.4, 0.5) is 0 Å². The molecule has 5 heteroatoms. The van der Waals surface area contributed by atoms with Crippen LogP contribution in [0.25, 0.3) is 0 Å². The molecule has 0 unspecified atom stereocenters. The summed E-state index contributed by atoms with van der Waals surface area (Å²) in [5.74, 6) is -0.513. The Hall–Kier alpha value is -1.39. The third kappa shape index (κ3) is 2.10. The van der Waals surface area contributed by atoms with E-state index in [0.29, 0.717) is 12.0 Å². The number of hydrogen-bond donors (Lipinski definition) is 1. The van der Waals surface area contributed by atoms with Crippen molar-refractivity contribution in [2.45, 2.75) is 6.42 Å². The minimum atomic E-state index is -0.290. The van der Waals surface area contributed by atoms with Gasteiger partial charge in [0.15, 0.2) is 0 Å². The maximum Gasteiger partial charge on any atom is 0.258 e. The number of hydrogen-bond acceptors (Lipinski definition) is 2. The van der Waals surface area contributed by atoms with E-state index >= 15 is 0 Å². The number of fused-ring (bicyclic) bond motifs is 1. The zero-order chi connectivity index (χ0) is 8.55. The van der Waals surface area contributed by atoms with E-state index < -0.39 is 0 Å². The van der Waals surface area contributed by atoms with Gasteiger partial charge in [0.1, 0.15) is 0 Å². The van der Waals surface area contributed by atoms with Gasteiger partial charge in [0.2, 0.25) is 5.91 Å². The van der Waals surface area contributed by atoms with Crippen LogP contribution in [0.5, 0.6) is 0 Å². The second-order valence-corrected chi connectivity index (χ2v) is 2.71. The van der Waals surface area contributed by atoms with Gasteiger partial charge in [-0.15, -0.1) is 12.4 Å². The molecule has 0 radical (unpaired) electrons. The summed E-state index contributed by atoms with van der Waals surface area (Å²) in [6.45, 7) is 0. The van der Waals surface area contributed by atoms with Crippen molar-refractivity contribution in [2.24, 2.45) is 0 Å². The van der Waals surface area contributed by atoms with Gasteiger partial charge in [-0.05, 0) is 11.6 Å². The molecule has 0 spiro atoms. The molecule has 14 heavy (non-hydrogen) atoms. The fourth-order valence-electron chi connectivity index (χ4n) is 1.31. The Labute approximate surface area is 87.0 Å². The van der Waals surface area contributed by atoms with Crippen molar-refractivity contribution in [3.8, 4) is 0 Å². The lowest BCUT2D eigenvalue weighted by Crippen LogP contribution is -2.37. The van der Waals surface area contributed by atoms with Crippen LogP contribution in [0.2, 0.25) is 0 Å². The second-order valence-electron chi connectivity index (χ2n) is 2.71. The average molecular weight is 216 g/mol. The van der Waals surface area contributed by atoms with Gasteiger partial charge in [-0.1, -0.05) is 18.2 Å². The van der Waals surface area contributed by atoms with Crippen LogP contribution in [-0.4, -0.2) is 17.3 Å². The van der Waals surface area contributed by atoms with Crippen molar-refractivity contribution in [3.63, 3.8) is 0 Å².